The maximum atomic E-state index is 5.57. The molecule has 0 bridgehead atoms. The molecule has 1 saturated heterocycles. The first-order valence-corrected chi connectivity index (χ1v) is 5.07. The molecule has 2 N–H and O–H groups in total. The highest BCUT2D eigenvalue weighted by Gasteiger charge is 2.33. The highest BCUT2D eigenvalue weighted by atomic mass is 16.7. The average Bonchev–Trinajstić information content (AvgIpc) is 2.58. The van der Waals surface area contributed by atoms with Gasteiger partial charge in [0.25, 0.3) is 0 Å². The fourth-order valence-corrected chi connectivity index (χ4v) is 1.41. The van der Waals surface area contributed by atoms with Crippen LogP contribution in [0.4, 0.5) is 5.69 Å². The molecule has 1 atom stereocenters. The van der Waals surface area contributed by atoms with E-state index < -0.39 is 5.79 Å². The number of anilines is 1. The minimum absolute atomic E-state index is 0.0869. The van der Waals surface area contributed by atoms with Gasteiger partial charge in [0.05, 0.1) is 24.7 Å². The molecule has 0 spiro atoms. The number of hydrogen-bond acceptors (Lipinski definition) is 6. The highest BCUT2D eigenvalue weighted by molar-refractivity contribution is 5.30. The number of hydrogen-bond donors (Lipinski definition) is 1. The lowest BCUT2D eigenvalue weighted by Crippen LogP contribution is -2.25. The van der Waals surface area contributed by atoms with E-state index in [-0.39, 0.29) is 6.10 Å². The van der Waals surface area contributed by atoms with Crippen LogP contribution in [-0.2, 0) is 9.47 Å². The van der Waals surface area contributed by atoms with Crippen LogP contribution < -0.4 is 10.5 Å². The molecule has 2 heterocycles. The van der Waals surface area contributed by atoms with Crippen molar-refractivity contribution in [2.45, 2.75) is 25.7 Å². The third-order valence-corrected chi connectivity index (χ3v) is 2.11. The molecule has 1 aliphatic heterocycles. The summed E-state index contributed by atoms with van der Waals surface area (Å²) in [5.74, 6) is -0.532. The van der Waals surface area contributed by atoms with E-state index in [1.54, 1.807) is 0 Å². The Hall–Kier alpha value is -1.40. The van der Waals surface area contributed by atoms with Crippen LogP contribution in [0.3, 0.4) is 0 Å². The van der Waals surface area contributed by atoms with Crippen molar-refractivity contribution in [3.05, 3.63) is 12.4 Å². The first-order valence-electron chi connectivity index (χ1n) is 5.07. The van der Waals surface area contributed by atoms with Gasteiger partial charge in [-0.1, -0.05) is 0 Å². The summed E-state index contributed by atoms with van der Waals surface area (Å²) < 4.78 is 16.3. The van der Waals surface area contributed by atoms with Crippen molar-refractivity contribution in [3.8, 4) is 6.01 Å². The van der Waals surface area contributed by atoms with Crippen LogP contribution in [0.2, 0.25) is 0 Å². The lowest BCUT2D eigenvalue weighted by atomic mass is 10.4. The number of nitrogen functional groups attached to an aromatic ring is 1. The molecule has 0 amide bonds. The van der Waals surface area contributed by atoms with Gasteiger partial charge in [0.1, 0.15) is 12.7 Å². The van der Waals surface area contributed by atoms with Gasteiger partial charge in [0, 0.05) is 0 Å². The minimum Gasteiger partial charge on any atom is -0.461 e. The van der Waals surface area contributed by atoms with Crippen LogP contribution in [0, 0.1) is 0 Å². The second kappa shape index (κ2) is 4.23. The van der Waals surface area contributed by atoms with E-state index in [0.29, 0.717) is 24.9 Å². The molecule has 0 aromatic carbocycles. The number of aromatic nitrogens is 2. The number of rotatable bonds is 3. The maximum absolute atomic E-state index is 5.57. The van der Waals surface area contributed by atoms with Gasteiger partial charge >= 0.3 is 6.01 Å². The molecule has 88 valence electrons. The molecule has 0 saturated carbocycles. The molecule has 0 radical (unpaired) electrons. The van der Waals surface area contributed by atoms with Crippen molar-refractivity contribution in [2.75, 3.05) is 18.9 Å². The Kier molecular flexibility index (Phi) is 2.93. The summed E-state index contributed by atoms with van der Waals surface area (Å²) in [5, 5.41) is 0. The SMILES string of the molecule is CC1(C)OC[C@@H](COc2ncc(N)cn2)O1. The normalized spacial score (nSPS) is 23.2. The van der Waals surface area contributed by atoms with Gasteiger partial charge < -0.3 is 19.9 Å². The van der Waals surface area contributed by atoms with E-state index in [1.165, 1.54) is 12.4 Å². The van der Waals surface area contributed by atoms with Gasteiger partial charge in [-0.25, -0.2) is 9.97 Å². The Labute approximate surface area is 93.7 Å². The largest absolute Gasteiger partial charge is 0.461 e. The number of nitrogens with two attached hydrogens (primary N) is 1. The van der Waals surface area contributed by atoms with Crippen molar-refractivity contribution in [1.29, 1.82) is 0 Å². The quantitative estimate of drug-likeness (QED) is 0.811. The predicted molar refractivity (Wildman–Crippen MR) is 56.8 cm³/mol. The van der Waals surface area contributed by atoms with Crippen LogP contribution in [0.25, 0.3) is 0 Å². The third-order valence-electron chi connectivity index (χ3n) is 2.11. The topological polar surface area (TPSA) is 79.5 Å². The Morgan fingerprint density at radius 1 is 1.50 bits per heavy atom. The fourth-order valence-electron chi connectivity index (χ4n) is 1.41. The standard InChI is InChI=1S/C10H15N3O3/c1-10(2)15-6-8(16-10)5-14-9-12-3-7(11)4-13-9/h3-4,8H,5-6,11H2,1-2H3/t8-/m1/s1. The summed E-state index contributed by atoms with van der Waals surface area (Å²) >= 11 is 0. The molecule has 1 fully saturated rings. The summed E-state index contributed by atoms with van der Waals surface area (Å²) in [6, 6.07) is 0.294. The van der Waals surface area contributed by atoms with Crippen molar-refractivity contribution < 1.29 is 14.2 Å². The maximum Gasteiger partial charge on any atom is 0.316 e. The number of ether oxygens (including phenoxy) is 3. The molecule has 0 aliphatic carbocycles. The molecule has 1 aromatic heterocycles. The Morgan fingerprint density at radius 3 is 2.75 bits per heavy atom. The molecule has 6 nitrogen and oxygen atoms in total. The Bertz CT molecular complexity index is 353. The Balaban J connectivity index is 1.82. The summed E-state index contributed by atoms with van der Waals surface area (Å²) in [7, 11) is 0. The lowest BCUT2D eigenvalue weighted by Gasteiger charge is -2.16. The van der Waals surface area contributed by atoms with Gasteiger partial charge in [-0.3, -0.25) is 0 Å². The summed E-state index contributed by atoms with van der Waals surface area (Å²) in [6.45, 7) is 4.62. The Morgan fingerprint density at radius 2 is 2.19 bits per heavy atom. The third kappa shape index (κ3) is 2.80. The van der Waals surface area contributed by atoms with E-state index in [4.69, 9.17) is 19.9 Å². The van der Waals surface area contributed by atoms with Crippen LogP contribution >= 0.6 is 0 Å². The zero-order chi connectivity index (χ0) is 11.6. The average molecular weight is 225 g/mol. The van der Waals surface area contributed by atoms with E-state index in [2.05, 4.69) is 9.97 Å². The molecule has 1 aliphatic rings. The zero-order valence-electron chi connectivity index (χ0n) is 9.34. The smallest absolute Gasteiger partial charge is 0.316 e. The first-order chi connectivity index (χ1) is 7.55. The van der Waals surface area contributed by atoms with Crippen molar-refractivity contribution >= 4 is 5.69 Å². The van der Waals surface area contributed by atoms with Gasteiger partial charge in [-0.2, -0.15) is 0 Å². The highest BCUT2D eigenvalue weighted by Crippen LogP contribution is 2.22. The molecular weight excluding hydrogens is 210 g/mol. The summed E-state index contributed by atoms with van der Waals surface area (Å²) in [4.78, 5) is 7.84. The van der Waals surface area contributed by atoms with Crippen LogP contribution in [-0.4, -0.2) is 35.1 Å². The zero-order valence-corrected chi connectivity index (χ0v) is 9.34. The van der Waals surface area contributed by atoms with Gasteiger partial charge in [0.2, 0.25) is 0 Å². The van der Waals surface area contributed by atoms with E-state index in [1.807, 2.05) is 13.8 Å². The number of nitrogens with zero attached hydrogens (tertiary/aromatic N) is 2. The van der Waals surface area contributed by atoms with E-state index in [0.717, 1.165) is 0 Å². The van der Waals surface area contributed by atoms with Crippen molar-refractivity contribution in [1.82, 2.24) is 9.97 Å². The van der Waals surface area contributed by atoms with Gasteiger partial charge in [-0.15, -0.1) is 0 Å². The van der Waals surface area contributed by atoms with Gasteiger partial charge in [-0.05, 0) is 13.8 Å². The van der Waals surface area contributed by atoms with Crippen molar-refractivity contribution in [3.63, 3.8) is 0 Å². The predicted octanol–water partition coefficient (Wildman–Crippen LogP) is 0.589. The second-order valence-corrected chi connectivity index (χ2v) is 4.06. The molecule has 16 heavy (non-hydrogen) atoms. The lowest BCUT2D eigenvalue weighted by molar-refractivity contribution is -0.141. The fraction of sp³-hybridized carbons (Fsp3) is 0.600. The minimum atomic E-state index is -0.532. The van der Waals surface area contributed by atoms with E-state index >= 15 is 0 Å². The first kappa shape index (κ1) is 11.1. The second-order valence-electron chi connectivity index (χ2n) is 4.06. The molecule has 2 rings (SSSR count). The molecule has 6 heteroatoms. The monoisotopic (exact) mass is 225 g/mol. The van der Waals surface area contributed by atoms with Crippen molar-refractivity contribution in [2.24, 2.45) is 0 Å². The molecular formula is C10H15N3O3. The molecule has 0 unspecified atom stereocenters. The van der Waals surface area contributed by atoms with Crippen LogP contribution in [0.15, 0.2) is 12.4 Å². The molecule has 1 aromatic rings. The van der Waals surface area contributed by atoms with Crippen LogP contribution in [0.1, 0.15) is 13.8 Å². The summed E-state index contributed by atoms with van der Waals surface area (Å²) in [6.07, 6.45) is 2.91. The van der Waals surface area contributed by atoms with Gasteiger partial charge in [0.15, 0.2) is 5.79 Å². The van der Waals surface area contributed by atoms with E-state index in [9.17, 15) is 0 Å². The van der Waals surface area contributed by atoms with Crippen LogP contribution in [0.5, 0.6) is 6.01 Å². The summed E-state index contributed by atoms with van der Waals surface area (Å²) in [5.41, 5.74) is 5.96.